The molecule has 0 radical (unpaired) electrons. The Labute approximate surface area is 288 Å². The summed E-state index contributed by atoms with van der Waals surface area (Å²) in [4.78, 5) is 32.3. The first-order chi connectivity index (χ1) is 23.4. The number of carboxylic acid groups (broad SMARTS) is 2. The molecule has 0 heterocycles. The number of aliphatic carboxylic acids is 2. The van der Waals surface area contributed by atoms with Crippen molar-refractivity contribution in [2.75, 3.05) is 17.2 Å². The minimum Gasteiger partial charge on any atom is -0.480 e. The van der Waals surface area contributed by atoms with Crippen LogP contribution < -0.4 is 16.0 Å². The first kappa shape index (κ1) is 44.1. The number of hydrogen-bond donors (Lipinski definition) is 5. The molecule has 3 rings (SSSR count). The molecule has 17 heteroatoms. The van der Waals surface area contributed by atoms with Crippen molar-refractivity contribution in [2.24, 2.45) is 11.8 Å². The van der Waals surface area contributed by atoms with E-state index in [1.165, 1.54) is 24.3 Å². The van der Waals surface area contributed by atoms with Crippen LogP contribution in [0.15, 0.2) is 78.9 Å². The largest absolute Gasteiger partial charge is 0.490 e. The molecule has 0 fully saturated rings. The second kappa shape index (κ2) is 19.4. The van der Waals surface area contributed by atoms with E-state index < -0.39 is 53.7 Å². The highest BCUT2D eigenvalue weighted by atomic mass is 19.4. The third-order valence-electron chi connectivity index (χ3n) is 6.75. The lowest BCUT2D eigenvalue weighted by Crippen LogP contribution is -2.43. The molecule has 0 bridgehead atoms. The van der Waals surface area contributed by atoms with Crippen molar-refractivity contribution in [1.82, 2.24) is 5.32 Å². The minimum atomic E-state index is -5.08. The highest BCUT2D eigenvalue weighted by molar-refractivity contribution is 5.85. The SMILES string of the molecule is CC(C)[C@@H](Nc1ccc(C(F)(F)F)cc1)C(=O)NCCc1ccccc1.CC(C)[C@@H](Nc1ccc(C(F)(F)F)cc1)C(=O)O.O=C(O)C(F)(F)F. The average Bonchev–Trinajstić information content (AvgIpc) is 3.02. The maximum Gasteiger partial charge on any atom is 0.490 e. The first-order valence-electron chi connectivity index (χ1n) is 15.2. The van der Waals surface area contributed by atoms with Crippen LogP contribution in [0.2, 0.25) is 0 Å². The third-order valence-corrected chi connectivity index (χ3v) is 6.75. The number of anilines is 2. The van der Waals surface area contributed by atoms with Gasteiger partial charge >= 0.3 is 30.5 Å². The monoisotopic (exact) mass is 739 g/mol. The highest BCUT2D eigenvalue weighted by Gasteiger charge is 2.38. The van der Waals surface area contributed by atoms with Crippen LogP contribution in [-0.2, 0) is 33.2 Å². The zero-order valence-electron chi connectivity index (χ0n) is 27.8. The molecule has 8 nitrogen and oxygen atoms in total. The highest BCUT2D eigenvalue weighted by Crippen LogP contribution is 2.31. The topological polar surface area (TPSA) is 128 Å². The smallest absolute Gasteiger partial charge is 0.480 e. The van der Waals surface area contributed by atoms with Crippen molar-refractivity contribution in [1.29, 1.82) is 0 Å². The lowest BCUT2D eigenvalue weighted by molar-refractivity contribution is -0.192. The van der Waals surface area contributed by atoms with Crippen molar-refractivity contribution in [2.45, 2.75) is 64.7 Å². The van der Waals surface area contributed by atoms with Gasteiger partial charge in [0.1, 0.15) is 12.1 Å². The Morgan fingerprint density at radius 2 is 0.980 bits per heavy atom. The molecule has 0 saturated heterocycles. The second-order valence-electron chi connectivity index (χ2n) is 11.6. The number of rotatable bonds is 11. The summed E-state index contributed by atoms with van der Waals surface area (Å²) in [5.41, 5.74) is 0.490. The summed E-state index contributed by atoms with van der Waals surface area (Å²) >= 11 is 0. The number of alkyl halides is 9. The van der Waals surface area contributed by atoms with E-state index in [9.17, 15) is 49.1 Å². The fraction of sp³-hybridized carbons (Fsp3) is 0.382. The van der Waals surface area contributed by atoms with Crippen molar-refractivity contribution >= 4 is 29.2 Å². The van der Waals surface area contributed by atoms with E-state index in [0.717, 1.165) is 36.2 Å². The standard InChI is InChI=1S/C20H23F3N2O.C12H14F3NO2.C2HF3O2/c1-14(2)18(19(26)24-13-12-15-6-4-3-5-7-15)25-17-10-8-16(9-11-17)20(21,22)23;1-7(2)10(11(17)18)16-9-5-3-8(4-6-9)12(13,14)15;3-2(4,5)1(6)7/h3-11,14,18,25H,12-13H2,1-2H3,(H,24,26);3-7,10,16H,1-2H3,(H,17,18);(H,6,7)/t18-;10-;/m11./s1. The Kier molecular flexibility index (Phi) is 16.8. The molecule has 2 atom stereocenters. The quantitative estimate of drug-likeness (QED) is 0.125. The Morgan fingerprint density at radius 1 is 0.608 bits per heavy atom. The molecule has 0 unspecified atom stereocenters. The molecule has 0 aliphatic carbocycles. The van der Waals surface area contributed by atoms with E-state index in [4.69, 9.17) is 15.0 Å². The summed E-state index contributed by atoms with van der Waals surface area (Å²) in [5, 5.41) is 24.7. The van der Waals surface area contributed by atoms with Gasteiger partial charge in [0, 0.05) is 17.9 Å². The van der Waals surface area contributed by atoms with Crippen molar-refractivity contribution in [3.63, 3.8) is 0 Å². The zero-order valence-corrected chi connectivity index (χ0v) is 27.8. The Balaban J connectivity index is 0.000000449. The minimum absolute atomic E-state index is 0.0194. The summed E-state index contributed by atoms with van der Waals surface area (Å²) in [6.07, 6.45) is -13.1. The normalized spacial score (nSPS) is 12.8. The molecular weight excluding hydrogens is 701 g/mol. The number of amides is 1. The third kappa shape index (κ3) is 16.5. The summed E-state index contributed by atoms with van der Waals surface area (Å²) in [6, 6.07) is 17.4. The number of carboxylic acids is 2. The molecule has 3 aromatic carbocycles. The predicted octanol–water partition coefficient (Wildman–Crippen LogP) is 8.36. The number of benzene rings is 3. The lowest BCUT2D eigenvalue weighted by Gasteiger charge is -2.23. The van der Waals surface area contributed by atoms with E-state index in [1.807, 2.05) is 44.2 Å². The van der Waals surface area contributed by atoms with Gasteiger partial charge in [-0.1, -0.05) is 58.0 Å². The Bertz CT molecular complexity index is 1510. The zero-order chi connectivity index (χ0) is 39.2. The van der Waals surface area contributed by atoms with Gasteiger partial charge in [-0.25, -0.2) is 9.59 Å². The van der Waals surface area contributed by atoms with E-state index in [1.54, 1.807) is 13.8 Å². The van der Waals surface area contributed by atoms with Crippen LogP contribution in [-0.4, -0.2) is 52.9 Å². The summed E-state index contributed by atoms with van der Waals surface area (Å²) < 4.78 is 107. The van der Waals surface area contributed by atoms with E-state index in [-0.39, 0.29) is 17.7 Å². The van der Waals surface area contributed by atoms with Crippen LogP contribution in [0.1, 0.15) is 44.4 Å². The van der Waals surface area contributed by atoms with Crippen LogP contribution in [0.3, 0.4) is 0 Å². The summed E-state index contributed by atoms with van der Waals surface area (Å²) in [6.45, 7) is 7.71. The van der Waals surface area contributed by atoms with Gasteiger partial charge in [-0.3, -0.25) is 4.79 Å². The van der Waals surface area contributed by atoms with Gasteiger partial charge in [0.2, 0.25) is 5.91 Å². The fourth-order valence-electron chi connectivity index (χ4n) is 4.00. The van der Waals surface area contributed by atoms with Crippen molar-refractivity contribution in [3.8, 4) is 0 Å². The Morgan fingerprint density at radius 3 is 1.29 bits per heavy atom. The predicted molar refractivity (Wildman–Crippen MR) is 172 cm³/mol. The molecule has 282 valence electrons. The van der Waals surface area contributed by atoms with Gasteiger partial charge in [0.15, 0.2) is 0 Å². The van der Waals surface area contributed by atoms with Crippen LogP contribution in [0.5, 0.6) is 0 Å². The number of halogens is 9. The summed E-state index contributed by atoms with van der Waals surface area (Å²) in [7, 11) is 0. The molecule has 5 N–H and O–H groups in total. The molecular formula is C34H38F9N3O5. The maximum atomic E-state index is 12.6. The van der Waals surface area contributed by atoms with Crippen LogP contribution in [0, 0.1) is 11.8 Å². The fourth-order valence-corrected chi connectivity index (χ4v) is 4.00. The average molecular weight is 740 g/mol. The molecule has 0 aromatic heterocycles. The number of carbonyl (C=O) groups excluding carboxylic acids is 1. The van der Waals surface area contributed by atoms with Gasteiger partial charge in [-0.05, 0) is 72.4 Å². The van der Waals surface area contributed by atoms with Crippen molar-refractivity contribution in [3.05, 3.63) is 95.6 Å². The molecule has 1 amide bonds. The Hall–Kier alpha value is -4.96. The molecule has 0 aliphatic rings. The van der Waals surface area contributed by atoms with Gasteiger partial charge in [0.25, 0.3) is 0 Å². The lowest BCUT2D eigenvalue weighted by atomic mass is 10.0. The number of nitrogens with one attached hydrogen (secondary N) is 3. The van der Waals surface area contributed by atoms with E-state index in [0.29, 0.717) is 17.9 Å². The van der Waals surface area contributed by atoms with Gasteiger partial charge in [-0.2, -0.15) is 39.5 Å². The molecule has 3 aromatic rings. The van der Waals surface area contributed by atoms with Crippen molar-refractivity contribution < 1.29 is 64.1 Å². The first-order valence-corrected chi connectivity index (χ1v) is 15.2. The number of carbonyl (C=O) groups is 3. The number of hydrogen-bond acceptors (Lipinski definition) is 5. The van der Waals surface area contributed by atoms with Gasteiger partial charge < -0.3 is 26.2 Å². The second-order valence-corrected chi connectivity index (χ2v) is 11.6. The van der Waals surface area contributed by atoms with Crippen LogP contribution >= 0.6 is 0 Å². The van der Waals surface area contributed by atoms with E-state index in [2.05, 4.69) is 16.0 Å². The van der Waals surface area contributed by atoms with E-state index >= 15 is 0 Å². The van der Waals surface area contributed by atoms with Crippen LogP contribution in [0.25, 0.3) is 0 Å². The van der Waals surface area contributed by atoms with Crippen LogP contribution in [0.4, 0.5) is 50.9 Å². The molecule has 51 heavy (non-hydrogen) atoms. The molecule has 0 aliphatic heterocycles. The van der Waals surface area contributed by atoms with Gasteiger partial charge in [-0.15, -0.1) is 0 Å². The molecule has 0 spiro atoms. The van der Waals surface area contributed by atoms with Gasteiger partial charge in [0.05, 0.1) is 11.1 Å². The maximum absolute atomic E-state index is 12.6. The summed E-state index contributed by atoms with van der Waals surface area (Å²) in [5.74, 6) is -4.16. The molecule has 0 saturated carbocycles.